The van der Waals surface area contributed by atoms with Gasteiger partial charge in [0.2, 0.25) is 0 Å². The highest BCUT2D eigenvalue weighted by molar-refractivity contribution is 5.66. The average molecular weight is 218 g/mol. The van der Waals surface area contributed by atoms with Crippen LogP contribution in [-0.2, 0) is 15.9 Å². The van der Waals surface area contributed by atoms with Crippen molar-refractivity contribution < 1.29 is 14.3 Å². The Hall–Kier alpha value is -1.77. The third-order valence-corrected chi connectivity index (χ3v) is 2.49. The predicted molar refractivity (Wildman–Crippen MR) is 59.9 cm³/mol. The molecule has 3 nitrogen and oxygen atoms in total. The molecule has 2 rings (SSSR count). The lowest BCUT2D eigenvalue weighted by atomic mass is 10.0. The quantitative estimate of drug-likeness (QED) is 0.716. The van der Waals surface area contributed by atoms with E-state index in [-0.39, 0.29) is 0 Å². The van der Waals surface area contributed by atoms with Gasteiger partial charge in [0.15, 0.2) is 11.4 Å². The number of cyclic esters (lactones) is 2. The molecular formula is C13H14O3. The first kappa shape index (κ1) is 10.7. The van der Waals surface area contributed by atoms with E-state index in [2.05, 4.69) is 0 Å². The molecule has 0 aliphatic carbocycles. The Balaban J connectivity index is 2.11. The van der Waals surface area contributed by atoms with Crippen LogP contribution < -0.4 is 0 Å². The molecule has 3 heteroatoms. The minimum Gasteiger partial charge on any atom is -0.420 e. The molecule has 1 aliphatic heterocycles. The van der Waals surface area contributed by atoms with Crippen LogP contribution in [0.5, 0.6) is 0 Å². The van der Waals surface area contributed by atoms with Crippen LogP contribution in [0.2, 0.25) is 0 Å². The van der Waals surface area contributed by atoms with Crippen molar-refractivity contribution in [2.75, 3.05) is 0 Å². The fourth-order valence-electron chi connectivity index (χ4n) is 1.60. The number of allylic oxidation sites excluding steroid dienone is 1. The first-order valence-electron chi connectivity index (χ1n) is 5.23. The minimum absolute atomic E-state index is 0.585. The molecule has 0 aromatic heterocycles. The summed E-state index contributed by atoms with van der Waals surface area (Å²) >= 11 is 0. The van der Waals surface area contributed by atoms with Gasteiger partial charge in [0.1, 0.15) is 0 Å². The molecule has 1 fully saturated rings. The van der Waals surface area contributed by atoms with Crippen molar-refractivity contribution in [3.05, 3.63) is 47.7 Å². The number of hydrogen-bond donors (Lipinski definition) is 0. The number of carbonyl (C=O) groups is 1. The number of hydrogen-bond acceptors (Lipinski definition) is 3. The van der Waals surface area contributed by atoms with E-state index in [0.717, 1.165) is 6.42 Å². The van der Waals surface area contributed by atoms with E-state index >= 15 is 0 Å². The Labute approximate surface area is 94.7 Å². The van der Waals surface area contributed by atoms with Crippen molar-refractivity contribution in [2.45, 2.75) is 25.9 Å². The molecule has 0 radical (unpaired) electrons. The van der Waals surface area contributed by atoms with Gasteiger partial charge in [-0.2, -0.15) is 0 Å². The predicted octanol–water partition coefficient (Wildman–Crippen LogP) is 3.06. The molecular weight excluding hydrogens is 204 g/mol. The third kappa shape index (κ3) is 2.24. The van der Waals surface area contributed by atoms with Gasteiger partial charge in [-0.1, -0.05) is 30.3 Å². The van der Waals surface area contributed by atoms with Gasteiger partial charge in [-0.25, -0.2) is 4.79 Å². The first-order valence-corrected chi connectivity index (χ1v) is 5.23. The second-order valence-corrected chi connectivity index (χ2v) is 4.22. The third-order valence-electron chi connectivity index (χ3n) is 2.49. The Morgan fingerprint density at radius 1 is 1.25 bits per heavy atom. The van der Waals surface area contributed by atoms with E-state index in [0.29, 0.717) is 5.76 Å². The normalized spacial score (nSPS) is 20.6. The summed E-state index contributed by atoms with van der Waals surface area (Å²) in [4.78, 5) is 11.0. The fourth-order valence-corrected chi connectivity index (χ4v) is 1.60. The van der Waals surface area contributed by atoms with Crippen molar-refractivity contribution in [3.63, 3.8) is 0 Å². The van der Waals surface area contributed by atoms with Crippen LogP contribution in [0.25, 0.3) is 0 Å². The minimum atomic E-state index is -0.647. The average Bonchev–Trinajstić information content (AvgIpc) is 2.50. The van der Waals surface area contributed by atoms with Crippen LogP contribution in [0.3, 0.4) is 0 Å². The molecule has 0 spiro atoms. The zero-order valence-corrected chi connectivity index (χ0v) is 9.40. The Morgan fingerprint density at radius 2 is 1.94 bits per heavy atom. The van der Waals surface area contributed by atoms with Crippen LogP contribution in [0.4, 0.5) is 4.79 Å². The Kier molecular flexibility index (Phi) is 2.69. The molecule has 0 N–H and O–H groups in total. The fraction of sp³-hybridized carbons (Fsp3) is 0.308. The maximum absolute atomic E-state index is 11.0. The molecule has 0 bridgehead atoms. The largest absolute Gasteiger partial charge is 0.514 e. The summed E-state index contributed by atoms with van der Waals surface area (Å²) in [6.07, 6.45) is 2.00. The zero-order valence-electron chi connectivity index (χ0n) is 9.40. The van der Waals surface area contributed by atoms with Crippen molar-refractivity contribution >= 4 is 6.16 Å². The molecule has 1 aromatic rings. The summed E-state index contributed by atoms with van der Waals surface area (Å²) in [5.41, 5.74) is 0.528. The Bertz CT molecular complexity index is 418. The van der Waals surface area contributed by atoms with Crippen LogP contribution in [0, 0.1) is 0 Å². The number of carbonyl (C=O) groups excluding carboxylic acids is 1. The molecule has 0 amide bonds. The number of ether oxygens (including phenoxy) is 2. The lowest BCUT2D eigenvalue weighted by molar-refractivity contribution is 0.0872. The van der Waals surface area contributed by atoms with Gasteiger partial charge in [0.05, 0.1) is 0 Å². The lowest BCUT2D eigenvalue weighted by Gasteiger charge is -2.13. The summed E-state index contributed by atoms with van der Waals surface area (Å²) in [5, 5.41) is 0. The van der Waals surface area contributed by atoms with E-state index in [1.807, 2.05) is 50.3 Å². The number of benzene rings is 1. The van der Waals surface area contributed by atoms with E-state index in [1.54, 1.807) is 0 Å². The van der Waals surface area contributed by atoms with E-state index in [9.17, 15) is 4.79 Å². The summed E-state index contributed by atoms with van der Waals surface area (Å²) in [6.45, 7) is 3.63. The van der Waals surface area contributed by atoms with Crippen molar-refractivity contribution in [1.29, 1.82) is 0 Å². The van der Waals surface area contributed by atoms with Crippen molar-refractivity contribution in [2.24, 2.45) is 0 Å². The monoisotopic (exact) mass is 218 g/mol. The summed E-state index contributed by atoms with van der Waals surface area (Å²) in [5.74, 6) is 0.585. The highest BCUT2D eigenvalue weighted by atomic mass is 16.8. The van der Waals surface area contributed by atoms with Gasteiger partial charge in [-0.05, 0) is 31.9 Å². The molecule has 1 aliphatic rings. The molecule has 1 aromatic carbocycles. The second-order valence-electron chi connectivity index (χ2n) is 4.22. The molecule has 0 unspecified atom stereocenters. The highest BCUT2D eigenvalue weighted by Crippen LogP contribution is 2.29. The summed E-state index contributed by atoms with van der Waals surface area (Å²) in [7, 11) is 0. The van der Waals surface area contributed by atoms with Gasteiger partial charge < -0.3 is 9.47 Å². The molecule has 0 atom stereocenters. The number of rotatable bonds is 2. The second kappa shape index (κ2) is 4.00. The highest BCUT2D eigenvalue weighted by Gasteiger charge is 2.38. The maximum Gasteiger partial charge on any atom is 0.514 e. The van der Waals surface area contributed by atoms with Gasteiger partial charge in [0.25, 0.3) is 0 Å². The summed E-state index contributed by atoms with van der Waals surface area (Å²) < 4.78 is 10.0. The molecule has 1 saturated heterocycles. The zero-order chi connectivity index (χ0) is 11.6. The van der Waals surface area contributed by atoms with Crippen LogP contribution in [0.1, 0.15) is 19.4 Å². The Morgan fingerprint density at radius 3 is 2.50 bits per heavy atom. The maximum atomic E-state index is 11.0. The summed E-state index contributed by atoms with van der Waals surface area (Å²) in [6, 6.07) is 9.99. The lowest BCUT2D eigenvalue weighted by Crippen LogP contribution is -2.20. The van der Waals surface area contributed by atoms with Crippen LogP contribution in [-0.4, -0.2) is 11.8 Å². The molecule has 16 heavy (non-hydrogen) atoms. The molecule has 1 heterocycles. The van der Waals surface area contributed by atoms with Gasteiger partial charge in [-0.15, -0.1) is 0 Å². The van der Waals surface area contributed by atoms with Gasteiger partial charge in [-0.3, -0.25) is 0 Å². The van der Waals surface area contributed by atoms with E-state index in [1.165, 1.54) is 5.56 Å². The molecule has 84 valence electrons. The van der Waals surface area contributed by atoms with Crippen molar-refractivity contribution in [1.82, 2.24) is 0 Å². The standard InChI is InChI=1S/C13H14O3/c1-13(2)11(15-12(14)16-13)9-8-10-6-4-3-5-7-10/h3-7,9H,8H2,1-2H3/b11-9+. The van der Waals surface area contributed by atoms with E-state index < -0.39 is 11.8 Å². The first-order chi connectivity index (χ1) is 7.58. The van der Waals surface area contributed by atoms with Crippen LogP contribution in [0.15, 0.2) is 42.2 Å². The van der Waals surface area contributed by atoms with Crippen LogP contribution >= 0.6 is 0 Å². The van der Waals surface area contributed by atoms with Crippen molar-refractivity contribution in [3.8, 4) is 0 Å². The van der Waals surface area contributed by atoms with Gasteiger partial charge in [0, 0.05) is 0 Å². The molecule has 0 saturated carbocycles. The smallest absolute Gasteiger partial charge is 0.420 e. The van der Waals surface area contributed by atoms with E-state index in [4.69, 9.17) is 9.47 Å². The topological polar surface area (TPSA) is 35.5 Å². The van der Waals surface area contributed by atoms with Gasteiger partial charge >= 0.3 is 6.16 Å². The SMILES string of the molecule is CC1(C)OC(=O)O/C1=C/Cc1ccccc1.